The highest BCUT2D eigenvalue weighted by atomic mass is 32.2. The Morgan fingerprint density at radius 3 is 2.76 bits per heavy atom. The molecule has 102 valence electrons. The number of rotatable bonds is 7. The number of hydrogen-bond donors (Lipinski definition) is 1. The Hall–Kier alpha value is 0.270. The van der Waals surface area contributed by atoms with Crippen LogP contribution in [-0.2, 0) is 0 Å². The maximum Gasteiger partial charge on any atom is 0.0231 e. The van der Waals surface area contributed by atoms with Crippen LogP contribution in [0.25, 0.3) is 0 Å². The Balaban J connectivity index is 2.16. The van der Waals surface area contributed by atoms with Crippen LogP contribution in [0.5, 0.6) is 0 Å². The monoisotopic (exact) mass is 258 g/mol. The van der Waals surface area contributed by atoms with Crippen LogP contribution in [0.3, 0.4) is 0 Å². The fourth-order valence-corrected chi connectivity index (χ4v) is 3.57. The van der Waals surface area contributed by atoms with E-state index >= 15 is 0 Å². The van der Waals surface area contributed by atoms with E-state index in [0.717, 1.165) is 6.04 Å². The average molecular weight is 258 g/mol. The van der Waals surface area contributed by atoms with Gasteiger partial charge < -0.3 is 5.32 Å². The van der Waals surface area contributed by atoms with E-state index in [1.165, 1.54) is 51.2 Å². The van der Waals surface area contributed by atoms with Crippen molar-refractivity contribution in [2.45, 2.75) is 57.7 Å². The second-order valence-corrected chi connectivity index (χ2v) is 7.62. The number of nitrogens with one attached hydrogen (secondary N) is 1. The summed E-state index contributed by atoms with van der Waals surface area (Å²) < 4.78 is 0.451. The summed E-state index contributed by atoms with van der Waals surface area (Å²) in [5, 5.41) is 3.49. The lowest BCUT2D eigenvalue weighted by Crippen LogP contribution is -2.47. The first-order chi connectivity index (χ1) is 8.05. The van der Waals surface area contributed by atoms with Crippen LogP contribution in [0, 0.1) is 0 Å². The van der Waals surface area contributed by atoms with Gasteiger partial charge in [0.25, 0.3) is 0 Å². The van der Waals surface area contributed by atoms with Crippen molar-refractivity contribution in [1.82, 2.24) is 10.2 Å². The van der Waals surface area contributed by atoms with Crippen molar-refractivity contribution >= 4 is 11.8 Å². The third-order valence-corrected chi connectivity index (χ3v) is 4.78. The lowest BCUT2D eigenvalue weighted by atomic mass is 10.1. The van der Waals surface area contributed by atoms with Gasteiger partial charge >= 0.3 is 0 Å². The van der Waals surface area contributed by atoms with Crippen LogP contribution in [0.2, 0.25) is 0 Å². The molecule has 1 rings (SSSR count). The molecule has 3 heteroatoms. The molecule has 0 saturated carbocycles. The molecule has 0 aliphatic carbocycles. The summed E-state index contributed by atoms with van der Waals surface area (Å²) in [4.78, 5) is 2.68. The normalized spacial score (nSPS) is 22.6. The molecular formula is C14H30N2S. The molecule has 17 heavy (non-hydrogen) atoms. The van der Waals surface area contributed by atoms with E-state index in [1.54, 1.807) is 0 Å². The van der Waals surface area contributed by atoms with Crippen LogP contribution in [-0.4, -0.2) is 47.6 Å². The van der Waals surface area contributed by atoms with Crippen molar-refractivity contribution in [3.63, 3.8) is 0 Å². The van der Waals surface area contributed by atoms with Crippen LogP contribution >= 0.6 is 11.8 Å². The van der Waals surface area contributed by atoms with E-state index in [2.05, 4.69) is 49.7 Å². The average Bonchev–Trinajstić information content (AvgIpc) is 2.27. The minimum atomic E-state index is 0.451. The smallest absolute Gasteiger partial charge is 0.0231 e. The zero-order valence-electron chi connectivity index (χ0n) is 12.1. The summed E-state index contributed by atoms with van der Waals surface area (Å²) in [6.45, 7) is 14.2. The van der Waals surface area contributed by atoms with Crippen molar-refractivity contribution in [2.24, 2.45) is 0 Å². The van der Waals surface area contributed by atoms with Crippen molar-refractivity contribution in [1.29, 1.82) is 0 Å². The van der Waals surface area contributed by atoms with E-state index in [9.17, 15) is 0 Å². The van der Waals surface area contributed by atoms with Crippen molar-refractivity contribution in [2.75, 3.05) is 31.9 Å². The largest absolute Gasteiger partial charge is 0.317 e. The first kappa shape index (κ1) is 15.3. The van der Waals surface area contributed by atoms with Gasteiger partial charge in [0.2, 0.25) is 0 Å². The SMILES string of the molecule is CCCNCCCC(C)N1CCSC(C)(C)C1. The Kier molecular flexibility index (Phi) is 6.90. The lowest BCUT2D eigenvalue weighted by Gasteiger charge is -2.40. The highest BCUT2D eigenvalue weighted by Crippen LogP contribution is 2.30. The summed E-state index contributed by atoms with van der Waals surface area (Å²) in [5.41, 5.74) is 0. The summed E-state index contributed by atoms with van der Waals surface area (Å²) in [5.74, 6) is 1.30. The molecule has 1 atom stereocenters. The minimum absolute atomic E-state index is 0.451. The molecule has 0 radical (unpaired) electrons. The molecular weight excluding hydrogens is 228 g/mol. The van der Waals surface area contributed by atoms with Gasteiger partial charge in [-0.3, -0.25) is 4.90 Å². The maximum atomic E-state index is 3.49. The summed E-state index contributed by atoms with van der Waals surface area (Å²) >= 11 is 2.12. The quantitative estimate of drug-likeness (QED) is 0.707. The van der Waals surface area contributed by atoms with E-state index in [0.29, 0.717) is 4.75 Å². The number of nitrogens with zero attached hydrogens (tertiary/aromatic N) is 1. The van der Waals surface area contributed by atoms with Gasteiger partial charge in [-0.15, -0.1) is 0 Å². The van der Waals surface area contributed by atoms with Crippen LogP contribution < -0.4 is 5.32 Å². The van der Waals surface area contributed by atoms with Crippen molar-refractivity contribution in [3.8, 4) is 0 Å². The molecule has 1 saturated heterocycles. The van der Waals surface area contributed by atoms with E-state index in [-0.39, 0.29) is 0 Å². The summed E-state index contributed by atoms with van der Waals surface area (Å²) in [6, 6.07) is 0.749. The zero-order valence-corrected chi connectivity index (χ0v) is 12.9. The third-order valence-electron chi connectivity index (χ3n) is 3.48. The predicted molar refractivity (Wildman–Crippen MR) is 80.0 cm³/mol. The summed E-state index contributed by atoms with van der Waals surface area (Å²) in [6.07, 6.45) is 3.88. The molecule has 1 unspecified atom stereocenters. The van der Waals surface area contributed by atoms with Gasteiger partial charge in [0, 0.05) is 29.6 Å². The fraction of sp³-hybridized carbons (Fsp3) is 1.00. The first-order valence-electron chi connectivity index (χ1n) is 7.14. The van der Waals surface area contributed by atoms with Crippen molar-refractivity contribution < 1.29 is 0 Å². The molecule has 0 amide bonds. The molecule has 1 aliphatic heterocycles. The fourth-order valence-electron chi connectivity index (χ4n) is 2.44. The molecule has 0 spiro atoms. The van der Waals surface area contributed by atoms with E-state index in [1.807, 2.05) is 0 Å². The molecule has 0 aromatic heterocycles. The Labute approximate surface area is 112 Å². The topological polar surface area (TPSA) is 15.3 Å². The highest BCUT2D eigenvalue weighted by molar-refractivity contribution is 8.00. The Morgan fingerprint density at radius 1 is 1.35 bits per heavy atom. The van der Waals surface area contributed by atoms with Gasteiger partial charge in [-0.2, -0.15) is 11.8 Å². The van der Waals surface area contributed by atoms with Crippen LogP contribution in [0.1, 0.15) is 47.0 Å². The molecule has 1 aliphatic rings. The molecule has 1 N–H and O–H groups in total. The third kappa shape index (κ3) is 6.12. The number of thioether (sulfide) groups is 1. The second kappa shape index (κ2) is 7.65. The molecule has 0 aromatic rings. The summed E-state index contributed by atoms with van der Waals surface area (Å²) in [7, 11) is 0. The zero-order chi connectivity index (χ0) is 12.7. The predicted octanol–water partition coefficient (Wildman–Crippen LogP) is 2.98. The maximum absolute atomic E-state index is 3.49. The van der Waals surface area contributed by atoms with Gasteiger partial charge in [0.15, 0.2) is 0 Å². The second-order valence-electron chi connectivity index (χ2n) is 5.82. The lowest BCUT2D eigenvalue weighted by molar-refractivity contribution is 0.188. The van der Waals surface area contributed by atoms with Crippen molar-refractivity contribution in [3.05, 3.63) is 0 Å². The minimum Gasteiger partial charge on any atom is -0.317 e. The number of hydrogen-bond acceptors (Lipinski definition) is 3. The van der Waals surface area contributed by atoms with Crippen LogP contribution in [0.15, 0.2) is 0 Å². The van der Waals surface area contributed by atoms with E-state index in [4.69, 9.17) is 0 Å². The molecule has 0 aromatic carbocycles. The van der Waals surface area contributed by atoms with Gasteiger partial charge in [-0.05, 0) is 53.1 Å². The molecule has 2 nitrogen and oxygen atoms in total. The van der Waals surface area contributed by atoms with Gasteiger partial charge in [0.1, 0.15) is 0 Å². The molecule has 1 heterocycles. The van der Waals surface area contributed by atoms with Gasteiger partial charge in [-0.1, -0.05) is 6.92 Å². The van der Waals surface area contributed by atoms with Gasteiger partial charge in [-0.25, -0.2) is 0 Å². The Bertz CT molecular complexity index is 206. The highest BCUT2D eigenvalue weighted by Gasteiger charge is 2.28. The Morgan fingerprint density at radius 2 is 2.12 bits per heavy atom. The molecule has 0 bridgehead atoms. The van der Waals surface area contributed by atoms with Crippen LogP contribution in [0.4, 0.5) is 0 Å². The molecule has 1 fully saturated rings. The van der Waals surface area contributed by atoms with Gasteiger partial charge in [0.05, 0.1) is 0 Å². The van der Waals surface area contributed by atoms with E-state index < -0.39 is 0 Å². The standard InChI is InChI=1S/C14H30N2S/c1-5-8-15-9-6-7-13(2)16-10-11-17-14(3,4)12-16/h13,15H,5-12H2,1-4H3. The first-order valence-corrected chi connectivity index (χ1v) is 8.12.